The van der Waals surface area contributed by atoms with Crippen molar-refractivity contribution in [3.8, 4) is 11.5 Å². The lowest BCUT2D eigenvalue weighted by Gasteiger charge is -2.28. The minimum Gasteiger partial charge on any atom is -0.467 e. The van der Waals surface area contributed by atoms with Crippen LogP contribution in [0.1, 0.15) is 30.7 Å². The summed E-state index contributed by atoms with van der Waals surface area (Å²) in [5.74, 6) is 1.52. The summed E-state index contributed by atoms with van der Waals surface area (Å²) in [5.41, 5.74) is 1.59. The zero-order chi connectivity index (χ0) is 24.8. The van der Waals surface area contributed by atoms with Crippen LogP contribution in [-0.4, -0.2) is 42.9 Å². The molecule has 0 unspecified atom stereocenters. The number of amides is 1. The van der Waals surface area contributed by atoms with Gasteiger partial charge in [0.15, 0.2) is 11.5 Å². The van der Waals surface area contributed by atoms with Gasteiger partial charge in [-0.15, -0.1) is 0 Å². The fourth-order valence-electron chi connectivity index (χ4n) is 3.69. The normalized spacial score (nSPS) is 13.1. The summed E-state index contributed by atoms with van der Waals surface area (Å²) in [6, 6.07) is 17.7. The zero-order valence-electron chi connectivity index (χ0n) is 19.7. The van der Waals surface area contributed by atoms with E-state index in [2.05, 4.69) is 0 Å². The first-order valence-corrected chi connectivity index (χ1v) is 12.8. The van der Waals surface area contributed by atoms with Gasteiger partial charge in [-0.1, -0.05) is 36.4 Å². The molecule has 0 aliphatic carbocycles. The maximum Gasteiger partial charge on any atom is 0.238 e. The molecule has 9 heteroatoms. The summed E-state index contributed by atoms with van der Waals surface area (Å²) in [6.07, 6.45) is 3.07. The molecular weight excluding hydrogens is 468 g/mol. The van der Waals surface area contributed by atoms with Crippen LogP contribution in [0.4, 0.5) is 0 Å². The number of sulfonamides is 1. The molecule has 0 saturated carbocycles. The second-order valence-electron chi connectivity index (χ2n) is 8.41. The lowest BCUT2D eigenvalue weighted by Crippen LogP contribution is -2.44. The number of carbonyl (C=O) groups excluding carboxylic acids is 1. The van der Waals surface area contributed by atoms with E-state index < -0.39 is 16.1 Å². The molecule has 1 aliphatic rings. The Bertz CT molecular complexity index is 1270. The SMILES string of the molecule is CC(C)N(CC(=O)N(Cc1ccc2c(c1)OCO2)Cc1ccco1)S(=O)(=O)C=Cc1ccccc1. The molecule has 0 saturated heterocycles. The molecule has 1 aliphatic heterocycles. The fourth-order valence-corrected chi connectivity index (χ4v) is 5.05. The highest BCUT2D eigenvalue weighted by Crippen LogP contribution is 2.33. The molecule has 4 rings (SSSR count). The second-order valence-corrected chi connectivity index (χ2v) is 10.2. The summed E-state index contributed by atoms with van der Waals surface area (Å²) < 4.78 is 43.7. The van der Waals surface area contributed by atoms with E-state index in [1.807, 2.05) is 42.5 Å². The summed E-state index contributed by atoms with van der Waals surface area (Å²) in [5, 5.41) is 1.14. The Morgan fingerprint density at radius 3 is 2.49 bits per heavy atom. The number of benzene rings is 2. The van der Waals surface area contributed by atoms with Crippen LogP contribution in [-0.2, 0) is 27.9 Å². The van der Waals surface area contributed by atoms with Crippen LogP contribution >= 0.6 is 0 Å². The molecule has 2 aromatic carbocycles. The molecule has 0 bridgehead atoms. The highest BCUT2D eigenvalue weighted by molar-refractivity contribution is 7.92. The first kappa shape index (κ1) is 24.6. The van der Waals surface area contributed by atoms with Crippen LogP contribution in [0.15, 0.2) is 76.8 Å². The number of fused-ring (bicyclic) bond motifs is 1. The van der Waals surface area contributed by atoms with Crippen LogP contribution < -0.4 is 9.47 Å². The van der Waals surface area contributed by atoms with Gasteiger partial charge in [0, 0.05) is 18.0 Å². The van der Waals surface area contributed by atoms with E-state index in [1.54, 1.807) is 36.9 Å². The third-order valence-corrected chi connectivity index (χ3v) is 7.20. The number of hydrogen-bond acceptors (Lipinski definition) is 6. The molecule has 0 radical (unpaired) electrons. The Labute approximate surface area is 205 Å². The quantitative estimate of drug-likeness (QED) is 0.417. The molecule has 3 aromatic rings. The number of furan rings is 1. The number of rotatable bonds is 10. The molecule has 0 atom stereocenters. The lowest BCUT2D eigenvalue weighted by molar-refractivity contribution is -0.133. The smallest absolute Gasteiger partial charge is 0.238 e. The monoisotopic (exact) mass is 496 g/mol. The Balaban J connectivity index is 1.54. The van der Waals surface area contributed by atoms with E-state index in [1.165, 1.54) is 16.6 Å². The minimum atomic E-state index is -3.85. The standard InChI is InChI=1S/C26H28N2O6S/c1-20(2)28(35(30,31)14-12-21-7-4-3-5-8-21)18-26(29)27(17-23-9-6-13-32-23)16-22-10-11-24-25(15-22)34-19-33-24/h3-15,20H,16-19H2,1-2H3. The summed E-state index contributed by atoms with van der Waals surface area (Å²) >= 11 is 0. The predicted molar refractivity (Wildman–Crippen MR) is 132 cm³/mol. The Kier molecular flexibility index (Phi) is 7.57. The van der Waals surface area contributed by atoms with Crippen molar-refractivity contribution in [2.75, 3.05) is 13.3 Å². The van der Waals surface area contributed by atoms with Gasteiger partial charge in [-0.3, -0.25) is 4.79 Å². The van der Waals surface area contributed by atoms with Crippen LogP contribution in [0.25, 0.3) is 6.08 Å². The van der Waals surface area contributed by atoms with Crippen LogP contribution in [0.2, 0.25) is 0 Å². The average molecular weight is 497 g/mol. The third kappa shape index (κ3) is 6.32. The van der Waals surface area contributed by atoms with Gasteiger partial charge in [0.2, 0.25) is 22.7 Å². The van der Waals surface area contributed by atoms with Gasteiger partial charge in [0.1, 0.15) is 5.76 Å². The van der Waals surface area contributed by atoms with Crippen molar-refractivity contribution < 1.29 is 27.1 Å². The summed E-state index contributed by atoms with van der Waals surface area (Å²) in [6.45, 7) is 3.80. The van der Waals surface area contributed by atoms with Gasteiger partial charge < -0.3 is 18.8 Å². The molecule has 1 aromatic heterocycles. The topological polar surface area (TPSA) is 89.3 Å². The molecule has 2 heterocycles. The Morgan fingerprint density at radius 2 is 1.77 bits per heavy atom. The maximum atomic E-state index is 13.4. The maximum absolute atomic E-state index is 13.4. The van der Waals surface area contributed by atoms with Crippen molar-refractivity contribution in [1.82, 2.24) is 9.21 Å². The molecular formula is C26H28N2O6S. The number of hydrogen-bond donors (Lipinski definition) is 0. The second kappa shape index (κ2) is 10.8. The van der Waals surface area contributed by atoms with E-state index in [4.69, 9.17) is 13.9 Å². The molecule has 0 fully saturated rings. The van der Waals surface area contributed by atoms with Gasteiger partial charge in [0.25, 0.3) is 0 Å². The van der Waals surface area contributed by atoms with Gasteiger partial charge in [-0.2, -0.15) is 4.31 Å². The molecule has 0 spiro atoms. The van der Waals surface area contributed by atoms with Crippen molar-refractivity contribution in [1.29, 1.82) is 0 Å². The van der Waals surface area contributed by atoms with Gasteiger partial charge in [0.05, 0.1) is 19.4 Å². The molecule has 0 N–H and O–H groups in total. The Hall–Kier alpha value is -3.56. The summed E-state index contributed by atoms with van der Waals surface area (Å²) in [4.78, 5) is 15.0. The van der Waals surface area contributed by atoms with Crippen LogP contribution in [0.3, 0.4) is 0 Å². The number of carbonyl (C=O) groups is 1. The molecule has 1 amide bonds. The lowest BCUT2D eigenvalue weighted by atomic mass is 10.2. The molecule has 184 valence electrons. The van der Waals surface area contributed by atoms with Crippen LogP contribution in [0, 0.1) is 0 Å². The van der Waals surface area contributed by atoms with Crippen molar-refractivity contribution in [3.63, 3.8) is 0 Å². The van der Waals surface area contributed by atoms with Gasteiger partial charge in [-0.25, -0.2) is 8.42 Å². The minimum absolute atomic E-state index is 0.158. The number of nitrogens with zero attached hydrogens (tertiary/aromatic N) is 2. The fraction of sp³-hybridized carbons (Fsp3) is 0.269. The van der Waals surface area contributed by atoms with Crippen molar-refractivity contribution in [2.24, 2.45) is 0 Å². The highest BCUT2D eigenvalue weighted by Gasteiger charge is 2.28. The number of ether oxygens (including phenoxy) is 2. The largest absolute Gasteiger partial charge is 0.467 e. The van der Waals surface area contributed by atoms with E-state index in [0.29, 0.717) is 17.3 Å². The van der Waals surface area contributed by atoms with Crippen molar-refractivity contribution >= 4 is 22.0 Å². The predicted octanol–water partition coefficient (Wildman–Crippen LogP) is 4.25. The van der Waals surface area contributed by atoms with Gasteiger partial charge >= 0.3 is 0 Å². The first-order chi connectivity index (χ1) is 16.8. The van der Waals surface area contributed by atoms with Crippen LogP contribution in [0.5, 0.6) is 11.5 Å². The Morgan fingerprint density at radius 1 is 1.00 bits per heavy atom. The van der Waals surface area contributed by atoms with E-state index >= 15 is 0 Å². The van der Waals surface area contributed by atoms with E-state index in [9.17, 15) is 13.2 Å². The average Bonchev–Trinajstić information content (AvgIpc) is 3.53. The zero-order valence-corrected chi connectivity index (χ0v) is 20.5. The molecule has 8 nitrogen and oxygen atoms in total. The van der Waals surface area contributed by atoms with E-state index in [0.717, 1.165) is 16.5 Å². The first-order valence-electron chi connectivity index (χ1n) is 11.3. The van der Waals surface area contributed by atoms with Crippen molar-refractivity contribution in [3.05, 3.63) is 89.2 Å². The van der Waals surface area contributed by atoms with Gasteiger partial charge in [-0.05, 0) is 55.3 Å². The third-order valence-electron chi connectivity index (χ3n) is 5.52. The summed E-state index contributed by atoms with van der Waals surface area (Å²) in [7, 11) is -3.85. The van der Waals surface area contributed by atoms with E-state index in [-0.39, 0.29) is 32.3 Å². The highest BCUT2D eigenvalue weighted by atomic mass is 32.2. The molecule has 35 heavy (non-hydrogen) atoms. The van der Waals surface area contributed by atoms with Crippen molar-refractivity contribution in [2.45, 2.75) is 33.0 Å².